The van der Waals surface area contributed by atoms with Crippen molar-refractivity contribution < 1.29 is 17.9 Å². The molecular formula is C12H15F3N4O. The number of hydrogen-bond donors (Lipinski definition) is 0. The molecule has 0 atom stereocenters. The average Bonchev–Trinajstić information content (AvgIpc) is 2.61. The van der Waals surface area contributed by atoms with Crippen molar-refractivity contribution in [2.75, 3.05) is 13.2 Å². The Morgan fingerprint density at radius 1 is 1.10 bits per heavy atom. The predicted molar refractivity (Wildman–Crippen MR) is 66.4 cm³/mol. The van der Waals surface area contributed by atoms with Gasteiger partial charge in [0.1, 0.15) is 23.5 Å². The van der Waals surface area contributed by atoms with Crippen LogP contribution in [0, 0.1) is 20.8 Å². The molecule has 0 bridgehead atoms. The number of aromatic nitrogens is 4. The first-order valence-electron chi connectivity index (χ1n) is 6.11. The molecule has 20 heavy (non-hydrogen) atoms. The van der Waals surface area contributed by atoms with Crippen LogP contribution in [0.2, 0.25) is 0 Å². The fourth-order valence-electron chi connectivity index (χ4n) is 2.05. The Kier molecular flexibility index (Phi) is 3.94. The maximum atomic E-state index is 12.0. The van der Waals surface area contributed by atoms with Crippen molar-refractivity contribution in [2.45, 2.75) is 33.5 Å². The van der Waals surface area contributed by atoms with E-state index in [2.05, 4.69) is 19.8 Å². The molecule has 0 aliphatic carbocycles. The number of hydrogen-bond acceptors (Lipinski definition) is 4. The summed E-state index contributed by atoms with van der Waals surface area (Å²) >= 11 is 0. The lowest BCUT2D eigenvalue weighted by molar-refractivity contribution is -0.174. The van der Waals surface area contributed by atoms with E-state index in [0.717, 1.165) is 22.4 Å². The topological polar surface area (TPSA) is 52.8 Å². The highest BCUT2D eigenvalue weighted by molar-refractivity contribution is 5.79. The predicted octanol–water partition coefficient (Wildman–Crippen LogP) is 2.33. The first-order valence-corrected chi connectivity index (χ1v) is 6.11. The lowest BCUT2D eigenvalue weighted by Gasteiger charge is -2.08. The van der Waals surface area contributed by atoms with Gasteiger partial charge in [-0.05, 0) is 20.8 Å². The van der Waals surface area contributed by atoms with E-state index >= 15 is 0 Å². The summed E-state index contributed by atoms with van der Waals surface area (Å²) in [6.07, 6.45) is -4.31. The molecule has 2 heterocycles. The van der Waals surface area contributed by atoms with Gasteiger partial charge in [-0.2, -0.15) is 18.3 Å². The first-order chi connectivity index (χ1) is 9.28. The van der Waals surface area contributed by atoms with Gasteiger partial charge in [-0.25, -0.2) is 9.97 Å². The maximum absolute atomic E-state index is 12.0. The van der Waals surface area contributed by atoms with Crippen LogP contribution in [0.3, 0.4) is 0 Å². The standard InChI is InChI=1S/C12H15F3N4O/c1-7-10-11(8(2)16-9(3)17-10)19(18-7)4-5-20-6-12(13,14)15/h4-6H2,1-3H3. The van der Waals surface area contributed by atoms with Crippen molar-refractivity contribution in [1.29, 1.82) is 0 Å². The molecule has 0 radical (unpaired) electrons. The zero-order valence-corrected chi connectivity index (χ0v) is 11.5. The highest BCUT2D eigenvalue weighted by Gasteiger charge is 2.27. The zero-order valence-electron chi connectivity index (χ0n) is 11.5. The van der Waals surface area contributed by atoms with Gasteiger partial charge < -0.3 is 4.74 Å². The maximum Gasteiger partial charge on any atom is 0.411 e. The molecule has 0 aliphatic rings. The van der Waals surface area contributed by atoms with Crippen molar-refractivity contribution in [3.8, 4) is 0 Å². The van der Waals surface area contributed by atoms with Gasteiger partial charge in [0.25, 0.3) is 0 Å². The molecule has 0 amide bonds. The number of fused-ring (bicyclic) bond motifs is 1. The summed E-state index contributed by atoms with van der Waals surface area (Å²) < 4.78 is 42.1. The number of halogens is 3. The smallest absolute Gasteiger partial charge is 0.370 e. The number of aryl methyl sites for hydroxylation is 3. The Morgan fingerprint density at radius 3 is 2.45 bits per heavy atom. The minimum atomic E-state index is -4.31. The Balaban J connectivity index is 2.15. The second kappa shape index (κ2) is 5.35. The third kappa shape index (κ3) is 3.24. The summed E-state index contributed by atoms with van der Waals surface area (Å²) in [5.41, 5.74) is 2.95. The van der Waals surface area contributed by atoms with Crippen LogP contribution < -0.4 is 0 Å². The molecule has 0 N–H and O–H groups in total. The summed E-state index contributed by atoms with van der Waals surface area (Å²) in [5.74, 6) is 0.644. The molecular weight excluding hydrogens is 273 g/mol. The van der Waals surface area contributed by atoms with Gasteiger partial charge in [0, 0.05) is 0 Å². The molecule has 2 aromatic heterocycles. The molecule has 8 heteroatoms. The second-order valence-electron chi connectivity index (χ2n) is 4.53. The number of alkyl halides is 3. The molecule has 0 fully saturated rings. The largest absolute Gasteiger partial charge is 0.411 e. The highest BCUT2D eigenvalue weighted by Crippen LogP contribution is 2.19. The Hall–Kier alpha value is -1.70. The van der Waals surface area contributed by atoms with Crippen LogP contribution in [-0.2, 0) is 11.3 Å². The third-order valence-corrected chi connectivity index (χ3v) is 2.75. The summed E-state index contributed by atoms with van der Waals surface area (Å²) in [5, 5.41) is 4.28. The molecule has 2 rings (SSSR count). The number of nitrogens with zero attached hydrogens (tertiary/aromatic N) is 4. The van der Waals surface area contributed by atoms with Gasteiger partial charge >= 0.3 is 6.18 Å². The van der Waals surface area contributed by atoms with Crippen molar-refractivity contribution in [3.05, 3.63) is 17.2 Å². The summed E-state index contributed by atoms with van der Waals surface area (Å²) in [7, 11) is 0. The molecule has 0 saturated heterocycles. The van der Waals surface area contributed by atoms with E-state index in [9.17, 15) is 13.2 Å². The molecule has 110 valence electrons. The van der Waals surface area contributed by atoms with Crippen LogP contribution in [0.15, 0.2) is 0 Å². The van der Waals surface area contributed by atoms with Gasteiger partial charge in [-0.3, -0.25) is 4.68 Å². The van der Waals surface area contributed by atoms with Gasteiger partial charge in [0.05, 0.1) is 24.5 Å². The number of ether oxygens (including phenoxy) is 1. The van der Waals surface area contributed by atoms with E-state index in [-0.39, 0.29) is 13.2 Å². The van der Waals surface area contributed by atoms with Gasteiger partial charge in [0.15, 0.2) is 0 Å². The van der Waals surface area contributed by atoms with Crippen LogP contribution in [0.25, 0.3) is 11.0 Å². The monoisotopic (exact) mass is 288 g/mol. The molecule has 5 nitrogen and oxygen atoms in total. The second-order valence-corrected chi connectivity index (χ2v) is 4.53. The summed E-state index contributed by atoms with van der Waals surface area (Å²) in [6.45, 7) is 4.33. The van der Waals surface area contributed by atoms with E-state index < -0.39 is 12.8 Å². The fourth-order valence-corrected chi connectivity index (χ4v) is 2.05. The van der Waals surface area contributed by atoms with Crippen molar-refractivity contribution >= 4 is 11.0 Å². The minimum absolute atomic E-state index is 0.0664. The van der Waals surface area contributed by atoms with Gasteiger partial charge in [-0.1, -0.05) is 0 Å². The Morgan fingerprint density at radius 2 is 1.80 bits per heavy atom. The molecule has 0 saturated carbocycles. The van der Waals surface area contributed by atoms with E-state index in [0.29, 0.717) is 5.82 Å². The molecule has 0 spiro atoms. The van der Waals surface area contributed by atoms with E-state index in [1.165, 1.54) is 0 Å². The summed E-state index contributed by atoms with van der Waals surface area (Å²) in [6, 6.07) is 0. The van der Waals surface area contributed by atoms with Crippen LogP contribution in [0.4, 0.5) is 13.2 Å². The van der Waals surface area contributed by atoms with Crippen molar-refractivity contribution in [2.24, 2.45) is 0 Å². The lowest BCUT2D eigenvalue weighted by atomic mass is 10.3. The first kappa shape index (κ1) is 14.7. The lowest BCUT2D eigenvalue weighted by Crippen LogP contribution is -2.19. The SMILES string of the molecule is Cc1nc(C)c2c(n1)c(C)nn2CCOCC(F)(F)F. The van der Waals surface area contributed by atoms with Crippen LogP contribution in [-0.4, -0.2) is 39.1 Å². The van der Waals surface area contributed by atoms with E-state index in [4.69, 9.17) is 0 Å². The fraction of sp³-hybridized carbons (Fsp3) is 0.583. The van der Waals surface area contributed by atoms with Crippen molar-refractivity contribution in [1.82, 2.24) is 19.7 Å². The highest BCUT2D eigenvalue weighted by atomic mass is 19.4. The average molecular weight is 288 g/mol. The van der Waals surface area contributed by atoms with Crippen LogP contribution in [0.1, 0.15) is 17.2 Å². The normalized spacial score (nSPS) is 12.3. The molecule has 2 aromatic rings. The Labute approximate surface area is 113 Å². The molecule has 0 aromatic carbocycles. The van der Waals surface area contributed by atoms with E-state index in [1.54, 1.807) is 18.5 Å². The number of rotatable bonds is 4. The van der Waals surface area contributed by atoms with Gasteiger partial charge in [-0.15, -0.1) is 0 Å². The zero-order chi connectivity index (χ0) is 14.9. The minimum Gasteiger partial charge on any atom is -0.370 e. The van der Waals surface area contributed by atoms with Crippen LogP contribution in [0.5, 0.6) is 0 Å². The quantitative estimate of drug-likeness (QED) is 0.810. The van der Waals surface area contributed by atoms with Gasteiger partial charge in [0.2, 0.25) is 0 Å². The molecule has 0 unspecified atom stereocenters. The molecule has 0 aliphatic heterocycles. The third-order valence-electron chi connectivity index (χ3n) is 2.75. The Bertz CT molecular complexity index is 621. The summed E-state index contributed by atoms with van der Waals surface area (Å²) in [4.78, 5) is 8.56. The van der Waals surface area contributed by atoms with E-state index in [1.807, 2.05) is 6.92 Å². The van der Waals surface area contributed by atoms with Crippen LogP contribution >= 0.6 is 0 Å². The van der Waals surface area contributed by atoms with Crippen molar-refractivity contribution in [3.63, 3.8) is 0 Å².